The van der Waals surface area contributed by atoms with Crippen molar-refractivity contribution < 1.29 is 28.4 Å². The van der Waals surface area contributed by atoms with Crippen LogP contribution in [-0.2, 0) is 28.4 Å². The van der Waals surface area contributed by atoms with Gasteiger partial charge in [-0.25, -0.2) is 0 Å². The van der Waals surface area contributed by atoms with Crippen LogP contribution in [-0.4, -0.2) is 106 Å². The molecular formula is C26H72CrN3O3Si6. The molecule has 0 N–H and O–H groups in total. The number of ether oxygens (including phenoxy) is 3. The van der Waals surface area contributed by atoms with Gasteiger partial charge in [0.15, 0.2) is 0 Å². The van der Waals surface area contributed by atoms with Gasteiger partial charge in [0.1, 0.15) is 49.4 Å². The molecule has 6 nitrogen and oxygen atoms in total. The fraction of sp³-hybridized carbons (Fsp3) is 1.00. The first kappa shape index (κ1) is 42.7. The van der Waals surface area contributed by atoms with E-state index in [-0.39, 0.29) is 5.79 Å². The SMILES string of the molecule is CC(N([Si](C)(C)C)[Si](C)(C)C)(N([Si](C)(C)C)[Si](C)(C)C)N([Si](C)(C)C)[Si](C)(C)C.CO[CH2][Cr]([CH2]OC)[CH2]OC. The molecule has 0 aromatic heterocycles. The molecule has 0 unspecified atom stereocenters. The molecule has 239 valence electrons. The first-order valence-electron chi connectivity index (χ1n) is 14.5. The Morgan fingerprint density at radius 2 is 0.564 bits per heavy atom. The van der Waals surface area contributed by atoms with Gasteiger partial charge in [0.25, 0.3) is 0 Å². The van der Waals surface area contributed by atoms with Crippen LogP contribution in [0.4, 0.5) is 0 Å². The van der Waals surface area contributed by atoms with Crippen LogP contribution in [0.25, 0.3) is 0 Å². The Labute approximate surface area is 257 Å². The first-order chi connectivity index (χ1) is 16.9. The molecule has 0 atom stereocenters. The zero-order valence-electron chi connectivity index (χ0n) is 30.6. The maximum atomic E-state index is 5.00. The second-order valence-corrected chi connectivity index (χ2v) is 49.9. The minimum atomic E-state index is -1.60. The Morgan fingerprint density at radius 1 is 0.410 bits per heavy atom. The Kier molecular flexibility index (Phi) is 17.0. The van der Waals surface area contributed by atoms with E-state index in [4.69, 9.17) is 14.2 Å². The third-order valence-electron chi connectivity index (χ3n) is 6.15. The molecule has 0 aromatic carbocycles. The van der Waals surface area contributed by atoms with Gasteiger partial charge in [0, 0.05) is 0 Å². The number of methoxy groups -OCH3 is 3. The summed E-state index contributed by atoms with van der Waals surface area (Å²) in [6, 6.07) is 0. The average Bonchev–Trinajstić information content (AvgIpc) is 2.54. The van der Waals surface area contributed by atoms with Crippen LogP contribution in [0, 0.1) is 0 Å². The fourth-order valence-corrected chi connectivity index (χ4v) is 43.8. The molecule has 0 aliphatic carbocycles. The van der Waals surface area contributed by atoms with E-state index in [2.05, 4.69) is 137 Å². The molecule has 0 radical (unpaired) electrons. The van der Waals surface area contributed by atoms with Gasteiger partial charge in [-0.3, -0.25) is 0 Å². The van der Waals surface area contributed by atoms with Gasteiger partial charge in [-0.2, -0.15) is 0 Å². The molecule has 39 heavy (non-hydrogen) atoms. The van der Waals surface area contributed by atoms with Crippen molar-refractivity contribution in [3.63, 3.8) is 0 Å². The van der Waals surface area contributed by atoms with E-state index in [0.29, 0.717) is 0 Å². The van der Waals surface area contributed by atoms with E-state index < -0.39 is 63.6 Å². The second kappa shape index (κ2) is 15.5. The molecule has 0 saturated carbocycles. The van der Waals surface area contributed by atoms with Crippen molar-refractivity contribution in [3.8, 4) is 0 Å². The molecule has 0 saturated heterocycles. The van der Waals surface area contributed by atoms with Crippen molar-refractivity contribution in [1.82, 2.24) is 12.7 Å². The van der Waals surface area contributed by atoms with Crippen molar-refractivity contribution in [2.75, 3.05) is 37.7 Å². The van der Waals surface area contributed by atoms with Gasteiger partial charge in [0.05, 0.1) is 5.79 Å². The summed E-state index contributed by atoms with van der Waals surface area (Å²) < 4.78 is 24.5. The first-order valence-corrected chi connectivity index (χ1v) is 37.9. The van der Waals surface area contributed by atoms with Crippen molar-refractivity contribution in [2.45, 2.75) is 131 Å². The summed E-state index contributed by atoms with van der Waals surface area (Å²) in [6.45, 7) is 49.5. The van der Waals surface area contributed by atoms with Crippen LogP contribution in [0.2, 0.25) is 118 Å². The van der Waals surface area contributed by atoms with Gasteiger partial charge in [0.2, 0.25) is 0 Å². The summed E-state index contributed by atoms with van der Waals surface area (Å²) in [6.07, 6.45) is 0. The number of hydrogen-bond donors (Lipinski definition) is 0. The maximum absolute atomic E-state index is 5.00. The summed E-state index contributed by atoms with van der Waals surface area (Å²) in [5.74, 6) is 0.0266. The minimum absolute atomic E-state index is 0.0266. The molecule has 0 aromatic rings. The van der Waals surface area contributed by atoms with E-state index in [1.165, 1.54) is 0 Å². The van der Waals surface area contributed by atoms with Crippen LogP contribution in [0.15, 0.2) is 0 Å². The molecule has 13 heteroatoms. The van der Waals surface area contributed by atoms with Crippen molar-refractivity contribution in [3.05, 3.63) is 0 Å². The molecule has 0 fully saturated rings. The van der Waals surface area contributed by atoms with E-state index in [9.17, 15) is 0 Å². The van der Waals surface area contributed by atoms with Crippen LogP contribution < -0.4 is 0 Å². The molecule has 0 aliphatic heterocycles. The van der Waals surface area contributed by atoms with E-state index in [1.807, 2.05) is 0 Å². The molecular weight excluding hydrogens is 623 g/mol. The number of nitrogens with zero attached hydrogens (tertiary/aromatic N) is 3. The molecule has 0 bridgehead atoms. The van der Waals surface area contributed by atoms with Gasteiger partial charge in [-0.15, -0.1) is 0 Å². The molecule has 0 amide bonds. The molecule has 0 rings (SSSR count). The van der Waals surface area contributed by atoms with Crippen LogP contribution >= 0.6 is 0 Å². The van der Waals surface area contributed by atoms with Crippen molar-refractivity contribution >= 4 is 49.4 Å². The van der Waals surface area contributed by atoms with Crippen molar-refractivity contribution in [1.29, 1.82) is 0 Å². The number of rotatable bonds is 15. The van der Waals surface area contributed by atoms with Gasteiger partial charge < -0.3 is 12.7 Å². The fourth-order valence-electron chi connectivity index (χ4n) is 7.73. The summed E-state index contributed by atoms with van der Waals surface area (Å²) >= 11 is -0.774. The predicted octanol–water partition coefficient (Wildman–Crippen LogP) is 7.99. The van der Waals surface area contributed by atoms with Crippen molar-refractivity contribution in [2.24, 2.45) is 0 Å². The summed E-state index contributed by atoms with van der Waals surface area (Å²) in [5.41, 5.74) is 2.46. The van der Waals surface area contributed by atoms with Crippen LogP contribution in [0.3, 0.4) is 0 Å². The normalized spacial score (nSPS) is 14.9. The Bertz CT molecular complexity index is 574. The van der Waals surface area contributed by atoms with Crippen LogP contribution in [0.1, 0.15) is 6.92 Å². The summed E-state index contributed by atoms with van der Waals surface area (Å²) in [4.78, 5) is 0. The van der Waals surface area contributed by atoms with E-state index in [0.717, 1.165) is 16.4 Å². The monoisotopic (exact) mass is 694 g/mol. The van der Waals surface area contributed by atoms with E-state index >= 15 is 0 Å². The third kappa shape index (κ3) is 13.4. The van der Waals surface area contributed by atoms with Gasteiger partial charge in [-0.1, -0.05) is 118 Å². The zero-order chi connectivity index (χ0) is 32.1. The zero-order valence-corrected chi connectivity index (χ0v) is 37.9. The standard InChI is InChI=1S/C20H57N3Si6.3C2H5O.Cr/c1-20(21(24(2,3)4)25(5,6)7,22(26(8,9)10)27(11,12)13)23(28(14,15)16)29(17,18)19;3*1-3-2;/h1-19H3;3*1H2,2H3;. The Morgan fingerprint density at radius 3 is 0.667 bits per heavy atom. The number of hydrogen-bond acceptors (Lipinski definition) is 6. The van der Waals surface area contributed by atoms with Gasteiger partial charge in [-0.05, 0) is 6.92 Å². The summed E-state index contributed by atoms with van der Waals surface area (Å²) in [7, 11) is -4.46. The van der Waals surface area contributed by atoms with E-state index in [1.54, 1.807) is 21.3 Å². The predicted molar refractivity (Wildman–Crippen MR) is 190 cm³/mol. The molecule has 0 aliphatic rings. The molecule has 0 heterocycles. The Balaban J connectivity index is 0. The summed E-state index contributed by atoms with van der Waals surface area (Å²) in [5, 5.41) is 0. The quantitative estimate of drug-likeness (QED) is 0.128. The average molecular weight is 695 g/mol. The molecule has 0 spiro atoms. The Hall–Kier alpha value is 1.59. The topological polar surface area (TPSA) is 37.4 Å². The van der Waals surface area contributed by atoms with Crippen LogP contribution in [0.5, 0.6) is 0 Å². The van der Waals surface area contributed by atoms with Gasteiger partial charge >= 0.3 is 66.1 Å². The third-order valence-corrected chi connectivity index (χ3v) is 31.5. The second-order valence-electron chi connectivity index (χ2n) is 16.8.